The summed E-state index contributed by atoms with van der Waals surface area (Å²) < 4.78 is 0. The van der Waals surface area contributed by atoms with Crippen molar-refractivity contribution < 1.29 is 4.79 Å². The number of nitrogens with one attached hydrogen (secondary N) is 2. The molecule has 0 bridgehead atoms. The summed E-state index contributed by atoms with van der Waals surface area (Å²) in [6.45, 7) is 4.16. The summed E-state index contributed by atoms with van der Waals surface area (Å²) in [6.07, 6.45) is 3.09. The van der Waals surface area contributed by atoms with Crippen LogP contribution in [0.1, 0.15) is 31.7 Å². The Balaban J connectivity index is 2.15. The first kappa shape index (κ1) is 11.0. The molecule has 0 spiro atoms. The first-order valence-electron chi connectivity index (χ1n) is 5.88. The number of benzene rings is 1. The maximum Gasteiger partial charge on any atom is 0.246 e. The van der Waals surface area contributed by atoms with E-state index in [-0.39, 0.29) is 11.9 Å². The molecule has 2 rings (SSSR count). The van der Waals surface area contributed by atoms with Gasteiger partial charge < -0.3 is 10.6 Å². The molecule has 1 heterocycles. The minimum Gasteiger partial charge on any atom is -0.372 e. The second-order valence-corrected chi connectivity index (χ2v) is 4.38. The minimum atomic E-state index is -0.0739. The zero-order valence-electron chi connectivity index (χ0n) is 9.84. The van der Waals surface area contributed by atoms with E-state index in [0.717, 1.165) is 36.2 Å². The van der Waals surface area contributed by atoms with Crippen LogP contribution in [-0.2, 0) is 4.79 Å². The Morgan fingerprint density at radius 2 is 2.12 bits per heavy atom. The summed E-state index contributed by atoms with van der Waals surface area (Å²) in [5.74, 6) is 0.0894. The zero-order chi connectivity index (χ0) is 11.5. The van der Waals surface area contributed by atoms with Gasteiger partial charge in [0.2, 0.25) is 5.91 Å². The van der Waals surface area contributed by atoms with E-state index >= 15 is 0 Å². The van der Waals surface area contributed by atoms with Gasteiger partial charge in [-0.05, 0) is 31.0 Å². The SMILES string of the molecule is CCCCC1Nc2ccc(C)cc2NC1=O. The Morgan fingerprint density at radius 3 is 2.88 bits per heavy atom. The molecular formula is C13H18N2O. The van der Waals surface area contributed by atoms with E-state index in [0.29, 0.717) is 0 Å². The van der Waals surface area contributed by atoms with Gasteiger partial charge in [-0.3, -0.25) is 4.79 Å². The topological polar surface area (TPSA) is 41.1 Å². The molecule has 1 unspecified atom stereocenters. The van der Waals surface area contributed by atoms with Crippen LogP contribution >= 0.6 is 0 Å². The molecule has 1 amide bonds. The van der Waals surface area contributed by atoms with Crippen molar-refractivity contribution in [2.24, 2.45) is 0 Å². The van der Waals surface area contributed by atoms with Gasteiger partial charge in [0.05, 0.1) is 11.4 Å². The normalized spacial score (nSPS) is 18.6. The zero-order valence-corrected chi connectivity index (χ0v) is 9.84. The van der Waals surface area contributed by atoms with Gasteiger partial charge in [0, 0.05) is 0 Å². The van der Waals surface area contributed by atoms with E-state index in [2.05, 4.69) is 23.6 Å². The first-order chi connectivity index (χ1) is 7.70. The van der Waals surface area contributed by atoms with Crippen LogP contribution in [0.2, 0.25) is 0 Å². The fourth-order valence-corrected chi connectivity index (χ4v) is 1.97. The maximum atomic E-state index is 11.8. The van der Waals surface area contributed by atoms with E-state index in [1.165, 1.54) is 0 Å². The van der Waals surface area contributed by atoms with Crippen molar-refractivity contribution in [1.29, 1.82) is 0 Å². The van der Waals surface area contributed by atoms with Crippen LogP contribution in [0.3, 0.4) is 0 Å². The van der Waals surface area contributed by atoms with Crippen LogP contribution in [0.5, 0.6) is 0 Å². The highest BCUT2D eigenvalue weighted by molar-refractivity contribution is 6.02. The summed E-state index contributed by atoms with van der Waals surface area (Å²) >= 11 is 0. The molecule has 0 radical (unpaired) electrons. The minimum absolute atomic E-state index is 0.0739. The summed E-state index contributed by atoms with van der Waals surface area (Å²) in [5.41, 5.74) is 3.09. The van der Waals surface area contributed by atoms with Gasteiger partial charge in [0.15, 0.2) is 0 Å². The molecule has 0 aliphatic carbocycles. The molecule has 3 nitrogen and oxygen atoms in total. The van der Waals surface area contributed by atoms with Gasteiger partial charge >= 0.3 is 0 Å². The molecule has 86 valence electrons. The molecule has 0 saturated carbocycles. The third-order valence-electron chi connectivity index (χ3n) is 2.93. The largest absolute Gasteiger partial charge is 0.372 e. The van der Waals surface area contributed by atoms with Gasteiger partial charge in [0.25, 0.3) is 0 Å². The predicted octanol–water partition coefficient (Wildman–Crippen LogP) is 2.92. The molecular weight excluding hydrogens is 200 g/mol. The maximum absolute atomic E-state index is 11.8. The van der Waals surface area contributed by atoms with Crippen molar-refractivity contribution in [2.45, 2.75) is 39.2 Å². The summed E-state index contributed by atoms with van der Waals surface area (Å²) in [4.78, 5) is 11.8. The summed E-state index contributed by atoms with van der Waals surface area (Å²) in [5, 5.41) is 6.25. The second-order valence-electron chi connectivity index (χ2n) is 4.38. The molecule has 1 atom stereocenters. The van der Waals surface area contributed by atoms with Crippen LogP contribution in [0.25, 0.3) is 0 Å². The van der Waals surface area contributed by atoms with E-state index in [1.807, 2.05) is 19.1 Å². The van der Waals surface area contributed by atoms with Gasteiger partial charge in [0.1, 0.15) is 6.04 Å². The Kier molecular flexibility index (Phi) is 3.13. The van der Waals surface area contributed by atoms with Crippen LogP contribution in [0, 0.1) is 6.92 Å². The third kappa shape index (κ3) is 2.18. The molecule has 1 aromatic carbocycles. The lowest BCUT2D eigenvalue weighted by molar-refractivity contribution is -0.117. The molecule has 0 fully saturated rings. The first-order valence-corrected chi connectivity index (χ1v) is 5.88. The fourth-order valence-electron chi connectivity index (χ4n) is 1.97. The van der Waals surface area contributed by atoms with E-state index < -0.39 is 0 Å². The van der Waals surface area contributed by atoms with E-state index in [4.69, 9.17) is 0 Å². The molecule has 1 aromatic rings. The quantitative estimate of drug-likeness (QED) is 0.819. The smallest absolute Gasteiger partial charge is 0.246 e. The highest BCUT2D eigenvalue weighted by atomic mass is 16.2. The van der Waals surface area contributed by atoms with Crippen molar-refractivity contribution >= 4 is 17.3 Å². The lowest BCUT2D eigenvalue weighted by Gasteiger charge is -2.27. The lowest BCUT2D eigenvalue weighted by Crippen LogP contribution is -2.38. The number of rotatable bonds is 3. The highest BCUT2D eigenvalue weighted by Gasteiger charge is 2.24. The van der Waals surface area contributed by atoms with Gasteiger partial charge in [-0.1, -0.05) is 25.8 Å². The van der Waals surface area contributed by atoms with Crippen molar-refractivity contribution in [3.8, 4) is 0 Å². The molecule has 1 aliphatic heterocycles. The van der Waals surface area contributed by atoms with Crippen molar-refractivity contribution in [3.63, 3.8) is 0 Å². The van der Waals surface area contributed by atoms with Gasteiger partial charge in [-0.15, -0.1) is 0 Å². The van der Waals surface area contributed by atoms with Crippen molar-refractivity contribution in [3.05, 3.63) is 23.8 Å². The Hall–Kier alpha value is -1.51. The van der Waals surface area contributed by atoms with E-state index in [1.54, 1.807) is 0 Å². The van der Waals surface area contributed by atoms with Gasteiger partial charge in [-0.2, -0.15) is 0 Å². The average Bonchev–Trinajstić information content (AvgIpc) is 2.26. The molecule has 1 aliphatic rings. The van der Waals surface area contributed by atoms with E-state index in [9.17, 15) is 4.79 Å². The highest BCUT2D eigenvalue weighted by Crippen LogP contribution is 2.28. The molecule has 0 saturated heterocycles. The monoisotopic (exact) mass is 218 g/mol. The second kappa shape index (κ2) is 4.56. The molecule has 16 heavy (non-hydrogen) atoms. The number of hydrogen-bond donors (Lipinski definition) is 2. The number of hydrogen-bond acceptors (Lipinski definition) is 2. The summed E-state index contributed by atoms with van der Waals surface area (Å²) in [6, 6.07) is 6.01. The van der Waals surface area contributed by atoms with Crippen molar-refractivity contribution in [1.82, 2.24) is 0 Å². The summed E-state index contributed by atoms with van der Waals surface area (Å²) in [7, 11) is 0. The number of anilines is 2. The Morgan fingerprint density at radius 1 is 1.31 bits per heavy atom. The van der Waals surface area contributed by atoms with Gasteiger partial charge in [-0.25, -0.2) is 0 Å². The van der Waals surface area contributed by atoms with Crippen LogP contribution in [0.4, 0.5) is 11.4 Å². The van der Waals surface area contributed by atoms with Crippen LogP contribution in [-0.4, -0.2) is 11.9 Å². The number of aryl methyl sites for hydroxylation is 1. The number of carbonyl (C=O) groups excluding carboxylic acids is 1. The van der Waals surface area contributed by atoms with Crippen molar-refractivity contribution in [2.75, 3.05) is 10.6 Å². The molecule has 3 heteroatoms. The Bertz CT molecular complexity index is 401. The number of amides is 1. The third-order valence-corrected chi connectivity index (χ3v) is 2.93. The molecule has 2 N–H and O–H groups in total. The lowest BCUT2D eigenvalue weighted by atomic mass is 10.0. The predicted molar refractivity (Wildman–Crippen MR) is 66.7 cm³/mol. The number of carbonyl (C=O) groups is 1. The van der Waals surface area contributed by atoms with Crippen LogP contribution < -0.4 is 10.6 Å². The number of fused-ring (bicyclic) bond motifs is 1. The fraction of sp³-hybridized carbons (Fsp3) is 0.462. The molecule has 0 aromatic heterocycles. The average molecular weight is 218 g/mol. The van der Waals surface area contributed by atoms with Crippen LogP contribution in [0.15, 0.2) is 18.2 Å². The standard InChI is InChI=1S/C13H18N2O/c1-3-4-5-11-13(16)15-12-8-9(2)6-7-10(12)14-11/h6-8,11,14H,3-5H2,1-2H3,(H,15,16). The number of unbranched alkanes of at least 4 members (excludes halogenated alkanes) is 1. The Labute approximate surface area is 96.2 Å².